The zero-order valence-electron chi connectivity index (χ0n) is 19.7. The van der Waals surface area contributed by atoms with Crippen molar-refractivity contribution in [3.8, 4) is 28.6 Å². The molecule has 0 amide bonds. The number of rotatable bonds is 9. The number of sulfonamides is 1. The molecule has 0 bridgehead atoms. The fraction of sp³-hybridized carbons (Fsp3) is 0.154. The van der Waals surface area contributed by atoms with Crippen molar-refractivity contribution in [2.45, 2.75) is 18.2 Å². The Morgan fingerprint density at radius 3 is 2.25 bits per heavy atom. The minimum atomic E-state index is -3.65. The zero-order valence-corrected chi connectivity index (χ0v) is 21.3. The van der Waals surface area contributed by atoms with Crippen LogP contribution < -0.4 is 14.2 Å². The van der Waals surface area contributed by atoms with Crippen LogP contribution in [0.1, 0.15) is 10.6 Å². The monoisotopic (exact) mass is 520 g/mol. The standard InChI is InChI=1S/C26H24N4O4S2/c1-18-24(35-26-28-25(29-30(18)26)19-8-10-20(33-2)11-9-19)16-17-27-36(31,32)23-14-12-22(13-15-23)34-21-6-4-3-5-7-21/h3-15,27H,16-17H2,1-2H3. The molecular weight excluding hydrogens is 496 g/mol. The number of para-hydroxylation sites is 1. The molecule has 0 aliphatic rings. The van der Waals surface area contributed by atoms with Gasteiger partial charge in [0, 0.05) is 17.0 Å². The maximum atomic E-state index is 12.8. The molecule has 8 nitrogen and oxygen atoms in total. The van der Waals surface area contributed by atoms with E-state index in [2.05, 4.69) is 14.8 Å². The van der Waals surface area contributed by atoms with Gasteiger partial charge in [0.1, 0.15) is 17.2 Å². The van der Waals surface area contributed by atoms with Gasteiger partial charge in [0.25, 0.3) is 0 Å². The first-order chi connectivity index (χ1) is 17.4. The maximum Gasteiger partial charge on any atom is 0.240 e. The number of hydrogen-bond donors (Lipinski definition) is 1. The molecule has 0 saturated heterocycles. The number of aryl methyl sites for hydroxylation is 1. The van der Waals surface area contributed by atoms with Crippen LogP contribution in [0.2, 0.25) is 0 Å². The van der Waals surface area contributed by atoms with Crippen LogP contribution in [-0.2, 0) is 16.4 Å². The Hall–Kier alpha value is -3.73. The molecule has 0 saturated carbocycles. The smallest absolute Gasteiger partial charge is 0.240 e. The topological polar surface area (TPSA) is 94.8 Å². The lowest BCUT2D eigenvalue weighted by molar-refractivity contribution is 0.415. The van der Waals surface area contributed by atoms with E-state index in [0.29, 0.717) is 23.7 Å². The summed E-state index contributed by atoms with van der Waals surface area (Å²) in [6.07, 6.45) is 0.536. The Bertz CT molecular complexity index is 1580. The van der Waals surface area contributed by atoms with Crippen LogP contribution in [0.4, 0.5) is 0 Å². The lowest BCUT2D eigenvalue weighted by Crippen LogP contribution is -2.26. The molecule has 0 radical (unpaired) electrons. The van der Waals surface area contributed by atoms with Gasteiger partial charge in [-0.15, -0.1) is 5.10 Å². The summed E-state index contributed by atoms with van der Waals surface area (Å²) in [4.78, 5) is 6.63. The van der Waals surface area contributed by atoms with E-state index in [1.807, 2.05) is 61.5 Å². The van der Waals surface area contributed by atoms with Crippen molar-refractivity contribution in [3.63, 3.8) is 0 Å². The number of aromatic nitrogens is 3. The van der Waals surface area contributed by atoms with Crippen LogP contribution in [0.15, 0.2) is 83.8 Å². The fourth-order valence-electron chi connectivity index (χ4n) is 3.67. The number of ether oxygens (including phenoxy) is 2. The summed E-state index contributed by atoms with van der Waals surface area (Å²) in [7, 11) is -2.02. The number of methoxy groups -OCH3 is 1. The molecular formula is C26H24N4O4S2. The van der Waals surface area contributed by atoms with Crippen LogP contribution in [-0.4, -0.2) is 36.7 Å². The van der Waals surface area contributed by atoms with Gasteiger partial charge in [-0.1, -0.05) is 29.5 Å². The fourth-order valence-corrected chi connectivity index (χ4v) is 5.76. The van der Waals surface area contributed by atoms with Gasteiger partial charge < -0.3 is 9.47 Å². The normalized spacial score (nSPS) is 11.6. The average Bonchev–Trinajstić information content (AvgIpc) is 3.44. The second kappa shape index (κ2) is 10.1. The van der Waals surface area contributed by atoms with Gasteiger partial charge in [0.15, 0.2) is 5.82 Å². The van der Waals surface area contributed by atoms with Crippen molar-refractivity contribution in [3.05, 3.63) is 89.4 Å². The van der Waals surface area contributed by atoms with Gasteiger partial charge >= 0.3 is 0 Å². The third-order valence-electron chi connectivity index (χ3n) is 5.62. The molecule has 5 rings (SSSR count). The van der Waals surface area contributed by atoms with Crippen LogP contribution in [0.3, 0.4) is 0 Å². The number of benzene rings is 3. The summed E-state index contributed by atoms with van der Waals surface area (Å²) in [6.45, 7) is 2.23. The Labute approximate surface area is 213 Å². The van der Waals surface area contributed by atoms with E-state index in [0.717, 1.165) is 26.8 Å². The number of fused-ring (bicyclic) bond motifs is 1. The highest BCUT2D eigenvalue weighted by atomic mass is 32.2. The maximum absolute atomic E-state index is 12.8. The van der Waals surface area contributed by atoms with E-state index in [1.165, 1.54) is 23.5 Å². The van der Waals surface area contributed by atoms with Gasteiger partial charge in [-0.2, -0.15) is 4.98 Å². The summed E-state index contributed by atoms with van der Waals surface area (Å²) in [5.74, 6) is 2.67. The molecule has 184 valence electrons. The molecule has 3 aromatic carbocycles. The van der Waals surface area contributed by atoms with Crippen molar-refractivity contribution < 1.29 is 17.9 Å². The van der Waals surface area contributed by atoms with Gasteiger partial charge in [-0.05, 0) is 74.0 Å². The number of nitrogens with one attached hydrogen (secondary N) is 1. The van der Waals surface area contributed by atoms with Crippen molar-refractivity contribution in [2.75, 3.05) is 13.7 Å². The molecule has 2 aromatic heterocycles. The molecule has 36 heavy (non-hydrogen) atoms. The number of hydrogen-bond acceptors (Lipinski definition) is 7. The highest BCUT2D eigenvalue weighted by Gasteiger charge is 2.17. The molecule has 1 N–H and O–H groups in total. The molecule has 0 aliphatic carbocycles. The highest BCUT2D eigenvalue weighted by molar-refractivity contribution is 7.89. The Balaban J connectivity index is 1.22. The molecule has 5 aromatic rings. The summed E-state index contributed by atoms with van der Waals surface area (Å²) in [5.41, 5.74) is 1.85. The van der Waals surface area contributed by atoms with Gasteiger partial charge in [0.2, 0.25) is 15.0 Å². The number of thiazole rings is 1. The summed E-state index contributed by atoms with van der Waals surface area (Å²) in [5, 5.41) is 4.63. The minimum absolute atomic E-state index is 0.186. The average molecular weight is 521 g/mol. The van der Waals surface area contributed by atoms with Crippen molar-refractivity contribution in [1.82, 2.24) is 19.3 Å². The van der Waals surface area contributed by atoms with E-state index in [-0.39, 0.29) is 11.4 Å². The molecule has 0 spiro atoms. The largest absolute Gasteiger partial charge is 0.497 e. The SMILES string of the molecule is COc1ccc(-c2nc3sc(CCNS(=O)(=O)c4ccc(Oc5ccccc5)cc4)c(C)n3n2)cc1. The molecule has 0 atom stereocenters. The predicted octanol–water partition coefficient (Wildman–Crippen LogP) is 5.09. The third-order valence-corrected chi connectivity index (χ3v) is 8.29. The Morgan fingerprint density at radius 2 is 1.58 bits per heavy atom. The van der Waals surface area contributed by atoms with Gasteiger partial charge in [0.05, 0.1) is 17.7 Å². The van der Waals surface area contributed by atoms with E-state index in [9.17, 15) is 8.42 Å². The molecule has 2 heterocycles. The first kappa shape index (κ1) is 24.0. The summed E-state index contributed by atoms with van der Waals surface area (Å²) < 4.78 is 40.9. The molecule has 0 unspecified atom stereocenters. The molecule has 0 aliphatic heterocycles. The van der Waals surface area contributed by atoms with Crippen molar-refractivity contribution in [1.29, 1.82) is 0 Å². The number of nitrogens with zero attached hydrogens (tertiary/aromatic N) is 3. The summed E-state index contributed by atoms with van der Waals surface area (Å²) >= 11 is 1.51. The van der Waals surface area contributed by atoms with E-state index in [1.54, 1.807) is 23.8 Å². The first-order valence-electron chi connectivity index (χ1n) is 11.2. The van der Waals surface area contributed by atoms with E-state index < -0.39 is 10.0 Å². The Morgan fingerprint density at radius 1 is 0.917 bits per heavy atom. The highest BCUT2D eigenvalue weighted by Crippen LogP contribution is 2.27. The minimum Gasteiger partial charge on any atom is -0.497 e. The van der Waals surface area contributed by atoms with Crippen LogP contribution in [0.25, 0.3) is 16.3 Å². The van der Waals surface area contributed by atoms with E-state index >= 15 is 0 Å². The zero-order chi connectivity index (χ0) is 25.1. The third kappa shape index (κ3) is 5.11. The van der Waals surface area contributed by atoms with E-state index in [4.69, 9.17) is 9.47 Å². The summed E-state index contributed by atoms with van der Waals surface area (Å²) in [6, 6.07) is 23.3. The van der Waals surface area contributed by atoms with Crippen molar-refractivity contribution in [2.24, 2.45) is 0 Å². The quantitative estimate of drug-likeness (QED) is 0.291. The van der Waals surface area contributed by atoms with Crippen molar-refractivity contribution >= 4 is 26.3 Å². The molecule has 10 heteroatoms. The Kier molecular flexibility index (Phi) is 6.73. The first-order valence-corrected chi connectivity index (χ1v) is 13.5. The lowest BCUT2D eigenvalue weighted by atomic mass is 10.2. The van der Waals surface area contributed by atoms with Crippen LogP contribution in [0.5, 0.6) is 17.2 Å². The van der Waals surface area contributed by atoms with Crippen LogP contribution >= 0.6 is 11.3 Å². The second-order valence-electron chi connectivity index (χ2n) is 8.00. The second-order valence-corrected chi connectivity index (χ2v) is 10.8. The van der Waals surface area contributed by atoms with Gasteiger partial charge in [-0.3, -0.25) is 0 Å². The molecule has 0 fully saturated rings. The van der Waals surface area contributed by atoms with Gasteiger partial charge in [-0.25, -0.2) is 17.7 Å². The predicted molar refractivity (Wildman–Crippen MR) is 139 cm³/mol. The van der Waals surface area contributed by atoms with Crippen LogP contribution in [0, 0.1) is 6.92 Å². The lowest BCUT2D eigenvalue weighted by Gasteiger charge is -2.09.